The van der Waals surface area contributed by atoms with Crippen LogP contribution in [0.15, 0.2) is 35.1 Å². The predicted octanol–water partition coefficient (Wildman–Crippen LogP) is -3.40. The van der Waals surface area contributed by atoms with Crippen LogP contribution >= 0.6 is 15.9 Å². The summed E-state index contributed by atoms with van der Waals surface area (Å²) in [5.41, 5.74) is 1.59. The summed E-state index contributed by atoms with van der Waals surface area (Å²) in [6.45, 7) is -0.748. The Morgan fingerprint density at radius 3 is 2.58 bits per heavy atom. The number of carbonyl (C=O) groups excluding carboxylic acids is 2. The number of aryl methyl sites for hydroxylation is 1. The van der Waals surface area contributed by atoms with Gasteiger partial charge in [0.05, 0.1) is 48.0 Å². The minimum Gasteiger partial charge on any atom is -0.547 e. The molecule has 1 aromatic heterocycles. The van der Waals surface area contributed by atoms with E-state index in [1.54, 1.807) is 7.05 Å². The number of aliphatic carboxylic acids is 1. The van der Waals surface area contributed by atoms with Crippen LogP contribution in [0, 0.1) is 11.6 Å². The van der Waals surface area contributed by atoms with Crippen LogP contribution in [0.5, 0.6) is 0 Å². The number of amides is 1. The number of aromatic nitrogens is 2. The van der Waals surface area contributed by atoms with Crippen molar-refractivity contribution in [1.29, 1.82) is 0 Å². The van der Waals surface area contributed by atoms with E-state index in [2.05, 4.69) is 31.7 Å². The quantitative estimate of drug-likeness (QED) is 0.0893. The van der Waals surface area contributed by atoms with Crippen molar-refractivity contribution in [3.63, 3.8) is 0 Å². The fourth-order valence-corrected chi connectivity index (χ4v) is 4.14. The van der Waals surface area contributed by atoms with E-state index in [1.165, 1.54) is 29.1 Å². The van der Waals surface area contributed by atoms with Gasteiger partial charge in [0, 0.05) is 11.5 Å². The zero-order valence-corrected chi connectivity index (χ0v) is 24.6. The molecule has 1 aliphatic heterocycles. The Hall–Kier alpha value is -2.25. The molecule has 210 valence electrons. The van der Waals surface area contributed by atoms with Crippen LogP contribution in [0.25, 0.3) is 11.0 Å². The number of aliphatic hydroxyl groups is 3. The van der Waals surface area contributed by atoms with Gasteiger partial charge >= 0.3 is 29.6 Å². The van der Waals surface area contributed by atoms with Gasteiger partial charge in [-0.1, -0.05) is 15.9 Å². The van der Waals surface area contributed by atoms with Gasteiger partial charge < -0.3 is 44.6 Å². The van der Waals surface area contributed by atoms with Gasteiger partial charge in [-0.25, -0.2) is 19.2 Å². The van der Waals surface area contributed by atoms with Crippen molar-refractivity contribution in [1.82, 2.24) is 15.0 Å². The first kappa shape index (κ1) is 32.3. The molecule has 5 atom stereocenters. The van der Waals surface area contributed by atoms with Gasteiger partial charge in [0.2, 0.25) is 0 Å². The maximum atomic E-state index is 15.4. The van der Waals surface area contributed by atoms with Gasteiger partial charge in [-0.15, -0.1) is 0 Å². The van der Waals surface area contributed by atoms with E-state index in [4.69, 9.17) is 14.3 Å². The third-order valence-electron chi connectivity index (χ3n) is 5.83. The Labute approximate surface area is 255 Å². The maximum absolute atomic E-state index is 15.4. The van der Waals surface area contributed by atoms with Crippen molar-refractivity contribution < 1.29 is 82.7 Å². The van der Waals surface area contributed by atoms with Crippen LogP contribution in [0.1, 0.15) is 10.4 Å². The Morgan fingerprint density at radius 1 is 1.18 bits per heavy atom. The summed E-state index contributed by atoms with van der Waals surface area (Å²) < 4.78 is 41.8. The van der Waals surface area contributed by atoms with Crippen LogP contribution in [0.2, 0.25) is 0 Å². The molecule has 1 amide bonds. The molecule has 17 heteroatoms. The third-order valence-corrected chi connectivity index (χ3v) is 6.32. The molecular formula is C23H22BrF2N4NaO9. The van der Waals surface area contributed by atoms with Crippen LogP contribution in [0.3, 0.4) is 0 Å². The summed E-state index contributed by atoms with van der Waals surface area (Å²) in [5, 5.41) is 43.0. The number of hydrogen-bond donors (Lipinski definition) is 5. The number of imidazole rings is 1. The number of carboxylic acids is 1. The topological polar surface area (TPSA) is 187 Å². The molecule has 0 spiro atoms. The van der Waals surface area contributed by atoms with Crippen molar-refractivity contribution in [3.8, 4) is 0 Å². The van der Waals surface area contributed by atoms with E-state index in [1.807, 2.05) is 0 Å². The van der Waals surface area contributed by atoms with E-state index >= 15 is 4.39 Å². The maximum Gasteiger partial charge on any atom is 1.00 e. The molecule has 2 heterocycles. The number of carbonyl (C=O) groups is 2. The number of ether oxygens (including phenoxy) is 2. The fourth-order valence-electron chi connectivity index (χ4n) is 3.81. The first-order valence-corrected chi connectivity index (χ1v) is 12.1. The number of halogens is 3. The zero-order chi connectivity index (χ0) is 28.4. The van der Waals surface area contributed by atoms with Crippen LogP contribution in [-0.4, -0.2) is 80.7 Å². The Balaban J connectivity index is 0.00000441. The van der Waals surface area contributed by atoms with Crippen molar-refractivity contribution in [2.24, 2.45) is 7.05 Å². The van der Waals surface area contributed by atoms with Crippen LogP contribution in [-0.2, 0) is 26.2 Å². The molecular weight excluding hydrogens is 617 g/mol. The van der Waals surface area contributed by atoms with Gasteiger partial charge in [-0.3, -0.25) is 9.63 Å². The van der Waals surface area contributed by atoms with E-state index in [0.29, 0.717) is 4.47 Å². The average Bonchev–Trinajstić information content (AvgIpc) is 3.26. The molecule has 13 nitrogen and oxygen atoms in total. The van der Waals surface area contributed by atoms with Gasteiger partial charge in [0.1, 0.15) is 35.7 Å². The number of benzene rings is 2. The number of carboxylic acid groups (broad SMARTS) is 1. The number of aliphatic hydroxyl groups excluding tert-OH is 3. The van der Waals surface area contributed by atoms with E-state index in [-0.39, 0.29) is 70.7 Å². The molecule has 5 N–H and O–H groups in total. The Morgan fingerprint density at radius 2 is 1.90 bits per heavy atom. The minimum absolute atomic E-state index is 0. The van der Waals surface area contributed by atoms with E-state index in [9.17, 15) is 34.4 Å². The smallest absolute Gasteiger partial charge is 0.547 e. The van der Waals surface area contributed by atoms with Crippen molar-refractivity contribution in [2.45, 2.75) is 30.7 Å². The molecule has 40 heavy (non-hydrogen) atoms. The van der Waals surface area contributed by atoms with Crippen molar-refractivity contribution >= 4 is 50.2 Å². The van der Waals surface area contributed by atoms with Crippen LogP contribution < -0.4 is 45.5 Å². The molecule has 0 aliphatic carbocycles. The largest absolute Gasteiger partial charge is 1.00 e. The number of anilines is 2. The number of hydroxylamine groups is 1. The summed E-state index contributed by atoms with van der Waals surface area (Å²) in [6, 6.07) is 5.36. The zero-order valence-electron chi connectivity index (χ0n) is 21.0. The summed E-state index contributed by atoms with van der Waals surface area (Å²) in [5.74, 6) is -4.36. The van der Waals surface area contributed by atoms with Gasteiger partial charge in [0.25, 0.3) is 5.91 Å². The molecule has 4 rings (SSSR count). The van der Waals surface area contributed by atoms with Gasteiger partial charge in [-0.05, 0) is 24.3 Å². The first-order chi connectivity index (χ1) is 18.5. The van der Waals surface area contributed by atoms with E-state index in [0.717, 1.165) is 6.07 Å². The second-order valence-electron chi connectivity index (χ2n) is 8.45. The molecule has 0 bridgehead atoms. The SMILES string of the molecule is Cn1cnc2c(F)c(Nc3ccc(Br)cc3F)c(C(=O)NOCCO[C@@H]3O[C@H](C(=O)[O-])[C@@H](O)[C@H](O)[C@H]3O)cc21.[Na+]. The normalized spacial score (nSPS) is 22.5. The second kappa shape index (κ2) is 13.6. The first-order valence-electron chi connectivity index (χ1n) is 11.3. The molecule has 0 saturated carbocycles. The molecule has 0 radical (unpaired) electrons. The summed E-state index contributed by atoms with van der Waals surface area (Å²) in [6.07, 6.45) is -7.87. The van der Waals surface area contributed by atoms with Crippen LogP contribution in [0.4, 0.5) is 20.2 Å². The van der Waals surface area contributed by atoms with Gasteiger partial charge in [-0.2, -0.15) is 0 Å². The molecule has 0 unspecified atom stereocenters. The molecule has 1 aliphatic rings. The second-order valence-corrected chi connectivity index (χ2v) is 9.37. The summed E-state index contributed by atoms with van der Waals surface area (Å²) in [7, 11) is 1.59. The van der Waals surface area contributed by atoms with Crippen molar-refractivity contribution in [3.05, 3.63) is 52.3 Å². The Bertz CT molecular complexity index is 1400. The number of rotatable bonds is 9. The number of hydrogen-bond acceptors (Lipinski definition) is 11. The summed E-state index contributed by atoms with van der Waals surface area (Å²) >= 11 is 3.13. The fraction of sp³-hybridized carbons (Fsp3) is 0.348. The summed E-state index contributed by atoms with van der Waals surface area (Å²) in [4.78, 5) is 33.0. The molecule has 2 aromatic carbocycles. The number of fused-ring (bicyclic) bond motifs is 1. The predicted molar refractivity (Wildman–Crippen MR) is 129 cm³/mol. The third kappa shape index (κ3) is 6.79. The van der Waals surface area contributed by atoms with Gasteiger partial charge in [0.15, 0.2) is 12.1 Å². The number of nitrogens with zero attached hydrogens (tertiary/aromatic N) is 2. The average molecular weight is 639 g/mol. The van der Waals surface area contributed by atoms with E-state index < -0.39 is 54.2 Å². The number of nitrogens with one attached hydrogen (secondary N) is 2. The van der Waals surface area contributed by atoms with Crippen molar-refractivity contribution in [2.75, 3.05) is 18.5 Å². The Kier molecular flexibility index (Phi) is 11.0. The molecule has 3 aromatic rings. The standard InChI is InChI=1S/C23H23BrF2N4O9.Na/c1-30-8-27-16-13(30)7-10(15(14(16)26)28-12-3-2-9(24)6-11(12)25)21(34)29-38-5-4-37-23-19(33)17(31)18(32)20(39-23)22(35)36;/h2-3,6-8,17-20,23,28,31-33H,4-5H2,1H3,(H,29,34)(H,35,36);/q;+1/p-1/t17-,18-,19+,20-,23+;/m0./s1. The molecule has 1 saturated heterocycles. The molecule has 1 fully saturated rings. The minimum atomic E-state index is -1.95. The monoisotopic (exact) mass is 638 g/mol.